The second-order valence-corrected chi connectivity index (χ2v) is 5.35. The lowest BCUT2D eigenvalue weighted by Gasteiger charge is -2.08. The normalized spacial score (nSPS) is 10.3. The lowest BCUT2D eigenvalue weighted by atomic mass is 10.2. The molecule has 0 atom stereocenters. The summed E-state index contributed by atoms with van der Waals surface area (Å²) in [6.07, 6.45) is 1.55. The first-order chi connectivity index (χ1) is 9.60. The minimum atomic E-state index is -0.420. The Morgan fingerprint density at radius 3 is 2.90 bits per heavy atom. The highest BCUT2D eigenvalue weighted by molar-refractivity contribution is 7.98. The summed E-state index contributed by atoms with van der Waals surface area (Å²) in [6, 6.07) is 9.83. The maximum Gasteiger partial charge on any atom is 0.340 e. The number of pyridine rings is 1. The maximum atomic E-state index is 11.7. The number of nitrogens with zero attached hydrogens (tertiary/aromatic N) is 1. The van der Waals surface area contributed by atoms with E-state index in [4.69, 9.17) is 10.5 Å². The highest BCUT2D eigenvalue weighted by Crippen LogP contribution is 2.26. The molecule has 1 aromatic carbocycles. The molecule has 0 unspecified atom stereocenters. The summed E-state index contributed by atoms with van der Waals surface area (Å²) in [5.41, 5.74) is 8.92. The Hall–Kier alpha value is -2.01. The summed E-state index contributed by atoms with van der Waals surface area (Å²) >= 11 is 1.49. The molecule has 5 heteroatoms. The van der Waals surface area contributed by atoms with Gasteiger partial charge in [0.1, 0.15) is 5.03 Å². The molecule has 0 fully saturated rings. The van der Waals surface area contributed by atoms with E-state index in [2.05, 4.69) is 30.1 Å². The molecular weight excluding hydrogens is 272 g/mol. The zero-order valence-corrected chi connectivity index (χ0v) is 12.2. The Morgan fingerprint density at radius 1 is 1.40 bits per heavy atom. The number of rotatable bonds is 4. The Labute approximate surface area is 122 Å². The molecule has 1 aromatic heterocycles. The van der Waals surface area contributed by atoms with Crippen LogP contribution in [-0.4, -0.2) is 18.1 Å². The van der Waals surface area contributed by atoms with Gasteiger partial charge in [0.25, 0.3) is 0 Å². The third-order valence-electron chi connectivity index (χ3n) is 2.74. The summed E-state index contributed by atoms with van der Waals surface area (Å²) < 4.78 is 4.76. The van der Waals surface area contributed by atoms with Crippen molar-refractivity contribution >= 4 is 23.4 Å². The Kier molecular flexibility index (Phi) is 4.63. The van der Waals surface area contributed by atoms with E-state index < -0.39 is 5.97 Å². The van der Waals surface area contributed by atoms with Crippen molar-refractivity contribution in [1.82, 2.24) is 4.98 Å². The van der Waals surface area contributed by atoms with Crippen molar-refractivity contribution in [3.8, 4) is 0 Å². The molecule has 1 heterocycles. The van der Waals surface area contributed by atoms with Crippen molar-refractivity contribution in [2.45, 2.75) is 17.7 Å². The van der Waals surface area contributed by atoms with E-state index in [1.54, 1.807) is 12.3 Å². The molecule has 2 N–H and O–H groups in total. The molecule has 4 nitrogen and oxygen atoms in total. The highest BCUT2D eigenvalue weighted by Gasteiger charge is 2.14. The summed E-state index contributed by atoms with van der Waals surface area (Å²) in [4.78, 5) is 15.9. The average Bonchev–Trinajstić information content (AvgIpc) is 2.45. The highest BCUT2D eigenvalue weighted by atomic mass is 32.2. The van der Waals surface area contributed by atoms with Crippen LogP contribution in [0.5, 0.6) is 0 Å². The van der Waals surface area contributed by atoms with Gasteiger partial charge >= 0.3 is 5.97 Å². The van der Waals surface area contributed by atoms with Crippen molar-refractivity contribution in [3.63, 3.8) is 0 Å². The number of carbonyl (C=O) groups excluding carboxylic acids is 1. The second-order valence-electron chi connectivity index (χ2n) is 4.39. The number of esters is 1. The van der Waals surface area contributed by atoms with E-state index in [0.717, 1.165) is 5.75 Å². The van der Waals surface area contributed by atoms with Crippen LogP contribution in [0.25, 0.3) is 0 Å². The van der Waals surface area contributed by atoms with Gasteiger partial charge in [-0.25, -0.2) is 9.78 Å². The van der Waals surface area contributed by atoms with Crippen molar-refractivity contribution in [2.75, 3.05) is 12.8 Å². The number of ether oxygens (including phenoxy) is 1. The molecule has 2 rings (SSSR count). The Balaban J connectivity index is 2.19. The van der Waals surface area contributed by atoms with Crippen molar-refractivity contribution in [3.05, 3.63) is 53.2 Å². The van der Waals surface area contributed by atoms with Gasteiger partial charge in [0.05, 0.1) is 24.6 Å². The van der Waals surface area contributed by atoms with Gasteiger partial charge in [0.15, 0.2) is 0 Å². The first kappa shape index (κ1) is 14.4. The average molecular weight is 288 g/mol. The smallest absolute Gasteiger partial charge is 0.340 e. The zero-order chi connectivity index (χ0) is 14.5. The Morgan fingerprint density at radius 2 is 2.20 bits per heavy atom. The summed E-state index contributed by atoms with van der Waals surface area (Å²) in [5.74, 6) is 0.319. The summed E-state index contributed by atoms with van der Waals surface area (Å²) in [7, 11) is 1.35. The summed E-state index contributed by atoms with van der Waals surface area (Å²) in [6.45, 7) is 2.05. The van der Waals surface area contributed by atoms with E-state index in [1.165, 1.54) is 30.0 Å². The number of hydrogen-bond acceptors (Lipinski definition) is 5. The monoisotopic (exact) mass is 288 g/mol. The molecule has 104 valence electrons. The molecule has 0 radical (unpaired) electrons. The van der Waals surface area contributed by atoms with Gasteiger partial charge in [0.2, 0.25) is 0 Å². The van der Waals surface area contributed by atoms with Crippen molar-refractivity contribution < 1.29 is 9.53 Å². The number of thioether (sulfide) groups is 1. The largest absolute Gasteiger partial charge is 0.465 e. The predicted molar refractivity (Wildman–Crippen MR) is 80.7 cm³/mol. The second kappa shape index (κ2) is 6.43. The number of aromatic nitrogens is 1. The van der Waals surface area contributed by atoms with Crippen LogP contribution in [0, 0.1) is 6.92 Å². The molecule has 0 amide bonds. The fraction of sp³-hybridized carbons (Fsp3) is 0.200. The number of aryl methyl sites for hydroxylation is 1. The zero-order valence-electron chi connectivity index (χ0n) is 11.4. The lowest BCUT2D eigenvalue weighted by molar-refractivity contribution is 0.0596. The quantitative estimate of drug-likeness (QED) is 0.692. The molecule has 2 aromatic rings. The van der Waals surface area contributed by atoms with Gasteiger partial charge in [-0.2, -0.15) is 0 Å². The maximum absolute atomic E-state index is 11.7. The van der Waals surface area contributed by atoms with Crippen LogP contribution >= 0.6 is 11.8 Å². The van der Waals surface area contributed by atoms with E-state index in [9.17, 15) is 4.79 Å². The lowest BCUT2D eigenvalue weighted by Crippen LogP contribution is -2.06. The molecule has 0 aliphatic carbocycles. The number of benzene rings is 1. The number of methoxy groups -OCH3 is 1. The number of nitrogens with two attached hydrogens (primary N) is 1. The van der Waals surface area contributed by atoms with E-state index in [0.29, 0.717) is 16.3 Å². The van der Waals surface area contributed by atoms with Crippen molar-refractivity contribution in [2.24, 2.45) is 0 Å². The third kappa shape index (κ3) is 3.51. The molecule has 0 aliphatic heterocycles. The standard InChI is InChI=1S/C15H16N2O2S/c1-10-4-3-5-11(6-10)9-20-14-13(15(18)19-2)7-12(16)8-17-14/h3-8H,9,16H2,1-2H3. The first-order valence-electron chi connectivity index (χ1n) is 6.12. The van der Waals surface area contributed by atoms with Crippen LogP contribution in [-0.2, 0) is 10.5 Å². The number of anilines is 1. The summed E-state index contributed by atoms with van der Waals surface area (Å²) in [5, 5.41) is 0.632. The SMILES string of the molecule is COC(=O)c1cc(N)cnc1SCc1cccc(C)c1. The van der Waals surface area contributed by atoms with Gasteiger partial charge in [-0.05, 0) is 18.6 Å². The number of carbonyl (C=O) groups is 1. The molecule has 0 saturated carbocycles. The number of nitrogen functional groups attached to an aromatic ring is 1. The molecule has 0 aliphatic rings. The van der Waals surface area contributed by atoms with Crippen molar-refractivity contribution in [1.29, 1.82) is 0 Å². The molecule has 0 saturated heterocycles. The van der Waals surface area contributed by atoms with Crippen LogP contribution in [0.15, 0.2) is 41.6 Å². The number of hydrogen-bond donors (Lipinski definition) is 1. The van der Waals surface area contributed by atoms with E-state index in [-0.39, 0.29) is 0 Å². The molecule has 0 bridgehead atoms. The van der Waals surface area contributed by atoms with Gasteiger partial charge in [-0.3, -0.25) is 0 Å². The van der Waals surface area contributed by atoms with Crippen LogP contribution in [0.4, 0.5) is 5.69 Å². The van der Waals surface area contributed by atoms with E-state index >= 15 is 0 Å². The van der Waals surface area contributed by atoms with Crippen LogP contribution in [0.1, 0.15) is 21.5 Å². The van der Waals surface area contributed by atoms with Gasteiger partial charge in [-0.15, -0.1) is 11.8 Å². The Bertz CT molecular complexity index is 629. The van der Waals surface area contributed by atoms with E-state index in [1.807, 2.05) is 6.07 Å². The van der Waals surface area contributed by atoms with Crippen LogP contribution in [0.3, 0.4) is 0 Å². The molecule has 20 heavy (non-hydrogen) atoms. The van der Waals surface area contributed by atoms with Gasteiger partial charge in [0, 0.05) is 5.75 Å². The van der Waals surface area contributed by atoms with Gasteiger partial charge < -0.3 is 10.5 Å². The topological polar surface area (TPSA) is 65.2 Å². The predicted octanol–water partition coefficient (Wildman–Crippen LogP) is 3.05. The molecule has 0 spiro atoms. The van der Waals surface area contributed by atoms with Crippen LogP contribution < -0.4 is 5.73 Å². The minimum Gasteiger partial charge on any atom is -0.465 e. The minimum absolute atomic E-state index is 0.408. The first-order valence-corrected chi connectivity index (χ1v) is 7.11. The third-order valence-corrected chi connectivity index (χ3v) is 3.81. The van der Waals surface area contributed by atoms with Crippen LogP contribution in [0.2, 0.25) is 0 Å². The fourth-order valence-electron chi connectivity index (χ4n) is 1.79. The van der Waals surface area contributed by atoms with Gasteiger partial charge in [-0.1, -0.05) is 29.8 Å². The molecular formula is C15H16N2O2S. The fourth-order valence-corrected chi connectivity index (χ4v) is 2.70.